The molecule has 2 aromatic carbocycles. The molecule has 7 heteroatoms. The molecule has 1 aromatic heterocycles. The van der Waals surface area contributed by atoms with Crippen LogP contribution in [0.3, 0.4) is 0 Å². The number of anilines is 4. The highest BCUT2D eigenvalue weighted by Gasteiger charge is 2.20. The first-order chi connectivity index (χ1) is 14.6. The van der Waals surface area contributed by atoms with Gasteiger partial charge in [0, 0.05) is 63.6 Å². The first-order valence-corrected chi connectivity index (χ1v) is 10.5. The van der Waals surface area contributed by atoms with Crippen LogP contribution in [0.4, 0.5) is 23.3 Å². The number of halogens is 1. The van der Waals surface area contributed by atoms with Gasteiger partial charge in [0.25, 0.3) is 0 Å². The zero-order valence-electron chi connectivity index (χ0n) is 17.4. The minimum Gasteiger partial charge on any atom is -0.363 e. The van der Waals surface area contributed by atoms with Crippen LogP contribution in [0.2, 0.25) is 5.02 Å². The second kappa shape index (κ2) is 9.32. The molecule has 1 aliphatic rings. The van der Waals surface area contributed by atoms with E-state index in [0.29, 0.717) is 5.02 Å². The molecule has 2 heterocycles. The van der Waals surface area contributed by atoms with E-state index in [0.717, 1.165) is 56.0 Å². The maximum absolute atomic E-state index is 6.00. The molecule has 0 spiro atoms. The Morgan fingerprint density at radius 1 is 0.933 bits per heavy atom. The molecule has 0 unspecified atom stereocenters. The van der Waals surface area contributed by atoms with Gasteiger partial charge < -0.3 is 15.1 Å². The Hall–Kier alpha value is -2.83. The molecule has 0 atom stereocenters. The molecular formula is C23H27ClN6. The largest absolute Gasteiger partial charge is 0.363 e. The van der Waals surface area contributed by atoms with E-state index >= 15 is 0 Å². The van der Waals surface area contributed by atoms with Crippen molar-refractivity contribution in [1.29, 1.82) is 0 Å². The lowest BCUT2D eigenvalue weighted by Gasteiger charge is -2.35. The third kappa shape index (κ3) is 5.20. The van der Waals surface area contributed by atoms with Crippen molar-refractivity contribution in [1.82, 2.24) is 14.9 Å². The summed E-state index contributed by atoms with van der Waals surface area (Å²) in [5.74, 6) is 2.41. The SMILES string of the molecule is CN(C)c1cc(Nc2ccc(Cl)cc2)nc(N2CCN(Cc3ccccc3)CC2)n1. The number of nitrogens with zero attached hydrogens (tertiary/aromatic N) is 5. The predicted octanol–water partition coefficient (Wildman–Crippen LogP) is 4.26. The van der Waals surface area contributed by atoms with Crippen LogP contribution < -0.4 is 15.1 Å². The Balaban J connectivity index is 1.46. The molecular weight excluding hydrogens is 396 g/mol. The summed E-state index contributed by atoms with van der Waals surface area (Å²) in [5, 5.41) is 4.09. The number of nitrogens with one attached hydrogen (secondary N) is 1. The number of hydrogen-bond acceptors (Lipinski definition) is 6. The minimum absolute atomic E-state index is 0.714. The molecule has 0 radical (unpaired) electrons. The molecule has 0 amide bonds. The lowest BCUT2D eigenvalue weighted by atomic mass is 10.2. The predicted molar refractivity (Wildman–Crippen MR) is 125 cm³/mol. The average molecular weight is 423 g/mol. The lowest BCUT2D eigenvalue weighted by Crippen LogP contribution is -2.46. The van der Waals surface area contributed by atoms with Crippen LogP contribution in [-0.2, 0) is 6.54 Å². The summed E-state index contributed by atoms with van der Waals surface area (Å²) in [6, 6.07) is 20.2. The van der Waals surface area contributed by atoms with E-state index in [4.69, 9.17) is 21.6 Å². The van der Waals surface area contributed by atoms with Crippen molar-refractivity contribution in [2.45, 2.75) is 6.54 Å². The molecule has 4 rings (SSSR count). The minimum atomic E-state index is 0.714. The third-order valence-electron chi connectivity index (χ3n) is 5.18. The molecule has 1 fully saturated rings. The van der Waals surface area contributed by atoms with Gasteiger partial charge in [0.2, 0.25) is 5.95 Å². The van der Waals surface area contributed by atoms with Crippen LogP contribution >= 0.6 is 11.6 Å². The van der Waals surface area contributed by atoms with E-state index in [1.54, 1.807) is 0 Å². The van der Waals surface area contributed by atoms with Crippen LogP contribution in [0.5, 0.6) is 0 Å². The van der Waals surface area contributed by atoms with E-state index in [1.807, 2.05) is 49.3 Å². The van der Waals surface area contributed by atoms with Gasteiger partial charge in [-0.3, -0.25) is 4.90 Å². The van der Waals surface area contributed by atoms with Crippen molar-refractivity contribution >= 4 is 34.9 Å². The Bertz CT molecular complexity index is 953. The van der Waals surface area contributed by atoms with Crippen LogP contribution in [0.25, 0.3) is 0 Å². The van der Waals surface area contributed by atoms with Gasteiger partial charge in [-0.25, -0.2) is 0 Å². The highest BCUT2D eigenvalue weighted by molar-refractivity contribution is 6.30. The normalized spacial score (nSPS) is 14.6. The van der Waals surface area contributed by atoms with Crippen molar-refractivity contribution in [2.24, 2.45) is 0 Å². The summed E-state index contributed by atoms with van der Waals surface area (Å²) in [5.41, 5.74) is 2.30. The molecule has 0 bridgehead atoms. The average Bonchev–Trinajstić information content (AvgIpc) is 2.76. The van der Waals surface area contributed by atoms with E-state index in [-0.39, 0.29) is 0 Å². The fourth-order valence-corrected chi connectivity index (χ4v) is 3.61. The van der Waals surface area contributed by atoms with E-state index in [2.05, 4.69) is 45.4 Å². The zero-order valence-corrected chi connectivity index (χ0v) is 18.2. The van der Waals surface area contributed by atoms with Crippen molar-refractivity contribution in [2.75, 3.05) is 55.4 Å². The maximum atomic E-state index is 6.00. The number of piperazine rings is 1. The molecule has 156 valence electrons. The Labute approximate surface area is 183 Å². The standard InChI is InChI=1S/C23H27ClN6/c1-28(2)22-16-21(25-20-10-8-19(24)9-11-20)26-23(27-22)30-14-12-29(13-15-30)17-18-6-4-3-5-7-18/h3-11,16H,12-15,17H2,1-2H3,(H,25,26,27). The van der Waals surface area contributed by atoms with Crippen molar-refractivity contribution in [3.05, 3.63) is 71.2 Å². The Morgan fingerprint density at radius 3 is 2.30 bits per heavy atom. The van der Waals surface area contributed by atoms with Crippen molar-refractivity contribution < 1.29 is 0 Å². The Morgan fingerprint density at radius 2 is 1.63 bits per heavy atom. The van der Waals surface area contributed by atoms with E-state index in [9.17, 15) is 0 Å². The molecule has 0 saturated carbocycles. The van der Waals surface area contributed by atoms with Crippen LogP contribution in [0, 0.1) is 0 Å². The number of aromatic nitrogens is 2. The van der Waals surface area contributed by atoms with Gasteiger partial charge in [-0.15, -0.1) is 0 Å². The van der Waals surface area contributed by atoms with Gasteiger partial charge in [0.15, 0.2) is 0 Å². The molecule has 30 heavy (non-hydrogen) atoms. The Kier molecular flexibility index (Phi) is 6.35. The topological polar surface area (TPSA) is 47.5 Å². The van der Waals surface area contributed by atoms with Crippen LogP contribution in [0.15, 0.2) is 60.7 Å². The zero-order chi connectivity index (χ0) is 20.9. The van der Waals surface area contributed by atoms with Crippen LogP contribution in [-0.4, -0.2) is 55.1 Å². The number of benzene rings is 2. The van der Waals surface area contributed by atoms with Crippen molar-refractivity contribution in [3.63, 3.8) is 0 Å². The van der Waals surface area contributed by atoms with Gasteiger partial charge >= 0.3 is 0 Å². The summed E-state index contributed by atoms with van der Waals surface area (Å²) in [4.78, 5) is 16.3. The lowest BCUT2D eigenvalue weighted by molar-refractivity contribution is 0.249. The second-order valence-electron chi connectivity index (χ2n) is 7.69. The first-order valence-electron chi connectivity index (χ1n) is 10.2. The molecule has 1 aliphatic heterocycles. The summed E-state index contributed by atoms with van der Waals surface area (Å²) in [7, 11) is 3.99. The van der Waals surface area contributed by atoms with Gasteiger partial charge in [-0.1, -0.05) is 41.9 Å². The van der Waals surface area contributed by atoms with Gasteiger partial charge in [0.1, 0.15) is 11.6 Å². The summed E-state index contributed by atoms with van der Waals surface area (Å²) in [6.07, 6.45) is 0. The van der Waals surface area contributed by atoms with Gasteiger partial charge in [0.05, 0.1) is 0 Å². The first kappa shape index (κ1) is 20.4. The summed E-state index contributed by atoms with van der Waals surface area (Å²) < 4.78 is 0. The van der Waals surface area contributed by atoms with E-state index in [1.165, 1.54) is 5.56 Å². The van der Waals surface area contributed by atoms with Crippen molar-refractivity contribution in [3.8, 4) is 0 Å². The van der Waals surface area contributed by atoms with E-state index < -0.39 is 0 Å². The molecule has 3 aromatic rings. The maximum Gasteiger partial charge on any atom is 0.229 e. The highest BCUT2D eigenvalue weighted by Crippen LogP contribution is 2.24. The fourth-order valence-electron chi connectivity index (χ4n) is 3.49. The quantitative estimate of drug-likeness (QED) is 0.640. The molecule has 1 saturated heterocycles. The smallest absolute Gasteiger partial charge is 0.229 e. The fraction of sp³-hybridized carbons (Fsp3) is 0.304. The van der Waals surface area contributed by atoms with Crippen LogP contribution in [0.1, 0.15) is 5.56 Å². The molecule has 1 N–H and O–H groups in total. The monoisotopic (exact) mass is 422 g/mol. The summed E-state index contributed by atoms with van der Waals surface area (Å²) >= 11 is 6.00. The summed E-state index contributed by atoms with van der Waals surface area (Å²) in [6.45, 7) is 4.78. The molecule has 6 nitrogen and oxygen atoms in total. The van der Waals surface area contributed by atoms with Gasteiger partial charge in [-0.05, 0) is 29.8 Å². The highest BCUT2D eigenvalue weighted by atomic mass is 35.5. The number of rotatable bonds is 6. The number of hydrogen-bond donors (Lipinski definition) is 1. The third-order valence-corrected chi connectivity index (χ3v) is 5.43. The molecule has 0 aliphatic carbocycles. The second-order valence-corrected chi connectivity index (χ2v) is 8.12. The van der Waals surface area contributed by atoms with Gasteiger partial charge in [-0.2, -0.15) is 9.97 Å².